The summed E-state index contributed by atoms with van der Waals surface area (Å²) < 4.78 is 7.80. The molecule has 6 heteroatoms. The summed E-state index contributed by atoms with van der Waals surface area (Å²) in [5, 5.41) is 5.13. The van der Waals surface area contributed by atoms with Gasteiger partial charge >= 0.3 is 0 Å². The van der Waals surface area contributed by atoms with E-state index >= 15 is 0 Å². The molecular weight excluding hydrogens is 398 g/mol. The van der Waals surface area contributed by atoms with Crippen molar-refractivity contribution in [2.24, 2.45) is 0 Å². The van der Waals surface area contributed by atoms with Crippen LogP contribution in [0, 0.1) is 20.8 Å². The minimum Gasteiger partial charge on any atom is -0.487 e. The molecule has 5 nitrogen and oxygen atoms in total. The molecule has 0 aliphatic heterocycles. The van der Waals surface area contributed by atoms with Crippen LogP contribution in [0.2, 0.25) is 5.02 Å². The molecule has 1 aromatic heterocycles. The summed E-state index contributed by atoms with van der Waals surface area (Å²) in [6, 6.07) is 13.2. The summed E-state index contributed by atoms with van der Waals surface area (Å²) in [7, 11) is 1.82. The SMILES string of the molecule is CCn1nc(C)c(CN(C)C(=O)c2ccc(COc3cc(C)ccc3Cl)cc2)c1C. The molecule has 0 radical (unpaired) electrons. The molecule has 0 aliphatic rings. The molecule has 3 aromatic rings. The second-order valence-corrected chi connectivity index (χ2v) is 7.95. The number of halogens is 1. The molecule has 0 aliphatic carbocycles. The van der Waals surface area contributed by atoms with Gasteiger partial charge < -0.3 is 9.64 Å². The molecule has 158 valence electrons. The lowest BCUT2D eigenvalue weighted by molar-refractivity contribution is 0.0784. The molecule has 3 rings (SSSR count). The third-order valence-electron chi connectivity index (χ3n) is 5.25. The van der Waals surface area contributed by atoms with Crippen molar-refractivity contribution in [1.82, 2.24) is 14.7 Å². The van der Waals surface area contributed by atoms with Gasteiger partial charge in [0, 0.05) is 37.0 Å². The van der Waals surface area contributed by atoms with E-state index in [9.17, 15) is 4.79 Å². The lowest BCUT2D eigenvalue weighted by Gasteiger charge is -2.18. The quantitative estimate of drug-likeness (QED) is 0.513. The molecule has 0 saturated carbocycles. The Hall–Kier alpha value is -2.79. The molecule has 2 aromatic carbocycles. The number of benzene rings is 2. The van der Waals surface area contributed by atoms with Crippen molar-refractivity contribution >= 4 is 17.5 Å². The number of carbonyl (C=O) groups is 1. The predicted octanol–water partition coefficient (Wildman–Crippen LogP) is 5.33. The Kier molecular flexibility index (Phi) is 6.83. The van der Waals surface area contributed by atoms with Gasteiger partial charge in [-0.1, -0.05) is 29.8 Å². The minimum absolute atomic E-state index is 0.0211. The Morgan fingerprint density at radius 1 is 1.13 bits per heavy atom. The minimum atomic E-state index is -0.0211. The second kappa shape index (κ2) is 9.35. The molecule has 0 fully saturated rings. The third kappa shape index (κ3) is 4.85. The van der Waals surface area contributed by atoms with E-state index in [0.29, 0.717) is 29.5 Å². The van der Waals surface area contributed by atoms with E-state index in [1.807, 2.05) is 75.0 Å². The third-order valence-corrected chi connectivity index (χ3v) is 5.57. The van der Waals surface area contributed by atoms with Crippen LogP contribution in [0.1, 0.15) is 45.4 Å². The van der Waals surface area contributed by atoms with Crippen LogP contribution in [0.25, 0.3) is 0 Å². The zero-order valence-electron chi connectivity index (χ0n) is 18.2. The second-order valence-electron chi connectivity index (χ2n) is 7.55. The van der Waals surface area contributed by atoms with Gasteiger partial charge in [-0.3, -0.25) is 9.48 Å². The summed E-state index contributed by atoms with van der Waals surface area (Å²) in [6.45, 7) is 9.85. The average molecular weight is 426 g/mol. The first-order chi connectivity index (χ1) is 14.3. The summed E-state index contributed by atoms with van der Waals surface area (Å²) in [5.74, 6) is 0.641. The summed E-state index contributed by atoms with van der Waals surface area (Å²) in [4.78, 5) is 14.6. The van der Waals surface area contributed by atoms with Crippen molar-refractivity contribution < 1.29 is 9.53 Å². The number of ether oxygens (including phenoxy) is 1. The maximum Gasteiger partial charge on any atom is 0.253 e. The van der Waals surface area contributed by atoms with Crippen LogP contribution in [0.5, 0.6) is 5.75 Å². The van der Waals surface area contributed by atoms with Crippen LogP contribution in [-0.2, 0) is 19.7 Å². The Balaban J connectivity index is 1.64. The maximum absolute atomic E-state index is 12.9. The van der Waals surface area contributed by atoms with E-state index in [2.05, 4.69) is 12.0 Å². The van der Waals surface area contributed by atoms with Crippen LogP contribution >= 0.6 is 11.6 Å². The average Bonchev–Trinajstić information content (AvgIpc) is 3.01. The fourth-order valence-corrected chi connectivity index (χ4v) is 3.60. The fourth-order valence-electron chi connectivity index (χ4n) is 3.43. The normalized spacial score (nSPS) is 10.9. The highest BCUT2D eigenvalue weighted by Crippen LogP contribution is 2.26. The van der Waals surface area contributed by atoms with Crippen LogP contribution in [-0.4, -0.2) is 27.6 Å². The highest BCUT2D eigenvalue weighted by molar-refractivity contribution is 6.32. The van der Waals surface area contributed by atoms with Gasteiger partial charge in [0.2, 0.25) is 0 Å². The van der Waals surface area contributed by atoms with Gasteiger partial charge in [0.05, 0.1) is 10.7 Å². The first-order valence-electron chi connectivity index (χ1n) is 10.1. The molecule has 0 spiro atoms. The zero-order chi connectivity index (χ0) is 21.8. The Bertz CT molecular complexity index is 1040. The molecular formula is C24H28ClN3O2. The summed E-state index contributed by atoms with van der Waals surface area (Å²) >= 11 is 6.18. The van der Waals surface area contributed by atoms with E-state index in [0.717, 1.165) is 34.6 Å². The molecule has 0 unspecified atom stereocenters. The fraction of sp³-hybridized carbons (Fsp3) is 0.333. The number of aromatic nitrogens is 2. The number of aryl methyl sites for hydroxylation is 3. The van der Waals surface area contributed by atoms with Crippen molar-refractivity contribution in [3.63, 3.8) is 0 Å². The first kappa shape index (κ1) is 21.9. The van der Waals surface area contributed by atoms with Gasteiger partial charge in [-0.25, -0.2) is 0 Å². The number of nitrogens with zero attached hydrogens (tertiary/aromatic N) is 3. The molecule has 0 bridgehead atoms. The molecule has 0 atom stereocenters. The van der Waals surface area contributed by atoms with E-state index in [1.54, 1.807) is 4.90 Å². The lowest BCUT2D eigenvalue weighted by Crippen LogP contribution is -2.26. The standard InChI is InChI=1S/C24H28ClN3O2/c1-6-28-18(4)21(17(3)26-28)14-27(5)24(29)20-10-8-19(9-11-20)15-30-23-13-16(2)7-12-22(23)25/h7-13H,6,14-15H2,1-5H3. The summed E-state index contributed by atoms with van der Waals surface area (Å²) in [5.41, 5.74) is 5.89. The van der Waals surface area contributed by atoms with E-state index in [4.69, 9.17) is 16.3 Å². The van der Waals surface area contributed by atoms with Crippen molar-refractivity contribution in [3.05, 3.63) is 81.1 Å². The number of amides is 1. The van der Waals surface area contributed by atoms with E-state index in [1.165, 1.54) is 0 Å². The van der Waals surface area contributed by atoms with Gasteiger partial charge in [0.15, 0.2) is 0 Å². The van der Waals surface area contributed by atoms with Crippen LogP contribution in [0.15, 0.2) is 42.5 Å². The summed E-state index contributed by atoms with van der Waals surface area (Å²) in [6.07, 6.45) is 0. The van der Waals surface area contributed by atoms with Crippen LogP contribution in [0.3, 0.4) is 0 Å². The van der Waals surface area contributed by atoms with Gasteiger partial charge in [-0.05, 0) is 63.1 Å². The number of hydrogen-bond acceptors (Lipinski definition) is 3. The zero-order valence-corrected chi connectivity index (χ0v) is 19.0. The highest BCUT2D eigenvalue weighted by atomic mass is 35.5. The molecule has 1 amide bonds. The van der Waals surface area contributed by atoms with Gasteiger partial charge in [0.1, 0.15) is 12.4 Å². The smallest absolute Gasteiger partial charge is 0.253 e. The Labute approximate surface area is 183 Å². The van der Waals surface area contributed by atoms with Gasteiger partial charge in [-0.15, -0.1) is 0 Å². The maximum atomic E-state index is 12.9. The number of hydrogen-bond donors (Lipinski definition) is 0. The molecule has 30 heavy (non-hydrogen) atoms. The van der Waals surface area contributed by atoms with E-state index < -0.39 is 0 Å². The van der Waals surface area contributed by atoms with Gasteiger partial charge in [-0.2, -0.15) is 5.10 Å². The van der Waals surface area contributed by atoms with Crippen LogP contribution in [0.4, 0.5) is 0 Å². The lowest BCUT2D eigenvalue weighted by atomic mass is 10.1. The van der Waals surface area contributed by atoms with Crippen LogP contribution < -0.4 is 4.74 Å². The van der Waals surface area contributed by atoms with Crippen molar-refractivity contribution in [2.45, 2.75) is 47.4 Å². The monoisotopic (exact) mass is 425 g/mol. The highest BCUT2D eigenvalue weighted by Gasteiger charge is 2.17. The van der Waals surface area contributed by atoms with Crippen molar-refractivity contribution in [2.75, 3.05) is 7.05 Å². The first-order valence-corrected chi connectivity index (χ1v) is 10.4. The molecule has 0 N–H and O–H groups in total. The van der Waals surface area contributed by atoms with Crippen molar-refractivity contribution in [1.29, 1.82) is 0 Å². The van der Waals surface area contributed by atoms with E-state index in [-0.39, 0.29) is 5.91 Å². The molecule has 0 saturated heterocycles. The number of carbonyl (C=O) groups excluding carboxylic acids is 1. The predicted molar refractivity (Wildman–Crippen MR) is 120 cm³/mol. The van der Waals surface area contributed by atoms with Crippen molar-refractivity contribution in [3.8, 4) is 5.75 Å². The largest absolute Gasteiger partial charge is 0.487 e. The molecule has 1 heterocycles. The number of rotatable bonds is 7. The Morgan fingerprint density at radius 3 is 2.47 bits per heavy atom. The topological polar surface area (TPSA) is 47.4 Å². The Morgan fingerprint density at radius 2 is 1.83 bits per heavy atom. The van der Waals surface area contributed by atoms with Gasteiger partial charge in [0.25, 0.3) is 5.91 Å².